The number of hydrogen-bond acceptors (Lipinski definition) is 6. The molecule has 9 nitrogen and oxygen atoms in total. The van der Waals surface area contributed by atoms with Crippen molar-refractivity contribution in [3.63, 3.8) is 0 Å². The number of primary amides is 1. The molecule has 0 heterocycles. The molecular formula is C18H19N3O6. The van der Waals surface area contributed by atoms with Crippen LogP contribution in [-0.4, -0.2) is 34.0 Å². The van der Waals surface area contributed by atoms with Crippen LogP contribution in [0.25, 0.3) is 0 Å². The Morgan fingerprint density at radius 3 is 2.37 bits per heavy atom. The summed E-state index contributed by atoms with van der Waals surface area (Å²) in [5, 5.41) is 20.6. The molecule has 0 unspecified atom stereocenters. The van der Waals surface area contributed by atoms with Crippen LogP contribution in [0.4, 0.5) is 5.69 Å². The number of nitrogen functional groups attached to an aromatic ring is 1. The quantitative estimate of drug-likeness (QED) is 0.423. The number of amides is 2. The van der Waals surface area contributed by atoms with Gasteiger partial charge in [0.2, 0.25) is 5.91 Å². The molecule has 0 saturated heterocycles. The molecule has 2 aromatic rings. The minimum Gasteiger partial charge on any atom is -0.508 e. The number of nitrogens with one attached hydrogen (secondary N) is 1. The second-order valence-electron chi connectivity index (χ2n) is 5.74. The Morgan fingerprint density at radius 2 is 1.78 bits per heavy atom. The summed E-state index contributed by atoms with van der Waals surface area (Å²) in [5.74, 6) is -2.57. The summed E-state index contributed by atoms with van der Waals surface area (Å²) in [6.07, 6.45) is -0.528. The van der Waals surface area contributed by atoms with Crippen LogP contribution in [-0.2, 0) is 16.2 Å². The fraction of sp³-hybridized carbons (Fsp3) is 0.167. The lowest BCUT2D eigenvalue weighted by molar-refractivity contribution is -0.140. The first kappa shape index (κ1) is 19.6. The van der Waals surface area contributed by atoms with Crippen molar-refractivity contribution >= 4 is 23.5 Å². The number of carbonyl (C=O) groups is 3. The zero-order valence-corrected chi connectivity index (χ0v) is 14.2. The number of phenolic OH excluding ortho intramolecular Hbond substituents is 1. The number of carboxylic acid groups (broad SMARTS) is 1. The molecule has 0 bridgehead atoms. The number of nitrogens with two attached hydrogens (primary N) is 2. The molecule has 7 N–H and O–H groups in total. The van der Waals surface area contributed by atoms with Crippen molar-refractivity contribution in [2.75, 3.05) is 5.73 Å². The SMILES string of the molecule is NC(=O)C[C@H](NC(=O)c1ccc(N)c(OCc2ccc(O)cc2)c1)C(=O)O. The number of phenols is 1. The summed E-state index contributed by atoms with van der Waals surface area (Å²) in [4.78, 5) is 34.3. The normalized spacial score (nSPS) is 11.4. The van der Waals surface area contributed by atoms with Gasteiger partial charge in [-0.1, -0.05) is 12.1 Å². The van der Waals surface area contributed by atoms with Crippen LogP contribution in [0.2, 0.25) is 0 Å². The predicted octanol–water partition coefficient (Wildman–Crippen LogP) is 0.612. The monoisotopic (exact) mass is 373 g/mol. The molecule has 0 aliphatic heterocycles. The topological polar surface area (TPSA) is 165 Å². The van der Waals surface area contributed by atoms with Gasteiger partial charge in [-0.15, -0.1) is 0 Å². The number of carboxylic acids is 1. The number of benzene rings is 2. The fourth-order valence-corrected chi connectivity index (χ4v) is 2.20. The molecule has 0 spiro atoms. The van der Waals surface area contributed by atoms with E-state index in [1.807, 2.05) is 0 Å². The highest BCUT2D eigenvalue weighted by Gasteiger charge is 2.23. The van der Waals surface area contributed by atoms with E-state index < -0.39 is 30.2 Å². The number of carbonyl (C=O) groups excluding carboxylic acids is 2. The number of ether oxygens (including phenoxy) is 1. The molecule has 0 radical (unpaired) electrons. The van der Waals surface area contributed by atoms with E-state index in [0.29, 0.717) is 0 Å². The molecule has 2 rings (SSSR count). The standard InChI is InChI=1S/C18H19N3O6/c19-13-6-3-11(17(24)21-14(18(25)26)8-16(20)23)7-15(13)27-9-10-1-4-12(22)5-2-10/h1-7,14,22H,8-9,19H2,(H2,20,23)(H,21,24)(H,25,26)/t14-/m0/s1. The number of aromatic hydroxyl groups is 1. The summed E-state index contributed by atoms with van der Waals surface area (Å²) in [7, 11) is 0. The smallest absolute Gasteiger partial charge is 0.326 e. The third kappa shape index (κ3) is 5.63. The van der Waals surface area contributed by atoms with Gasteiger partial charge in [0.1, 0.15) is 24.1 Å². The summed E-state index contributed by atoms with van der Waals surface area (Å²) < 4.78 is 5.59. The predicted molar refractivity (Wildman–Crippen MR) is 96.0 cm³/mol. The zero-order chi connectivity index (χ0) is 20.0. The molecule has 0 saturated carbocycles. The minimum atomic E-state index is -1.44. The second-order valence-corrected chi connectivity index (χ2v) is 5.74. The Bertz CT molecular complexity index is 851. The first-order valence-electron chi connectivity index (χ1n) is 7.88. The Balaban J connectivity index is 2.10. The van der Waals surface area contributed by atoms with Crippen LogP contribution in [0.3, 0.4) is 0 Å². The van der Waals surface area contributed by atoms with Gasteiger partial charge in [-0.3, -0.25) is 9.59 Å². The van der Waals surface area contributed by atoms with Crippen molar-refractivity contribution in [2.24, 2.45) is 5.73 Å². The van der Waals surface area contributed by atoms with Crippen molar-refractivity contribution in [1.82, 2.24) is 5.32 Å². The van der Waals surface area contributed by atoms with E-state index in [4.69, 9.17) is 21.3 Å². The van der Waals surface area contributed by atoms with Crippen LogP contribution in [0.15, 0.2) is 42.5 Å². The van der Waals surface area contributed by atoms with Crippen LogP contribution in [0.5, 0.6) is 11.5 Å². The summed E-state index contributed by atoms with van der Waals surface area (Å²) in [5.41, 5.74) is 12.0. The number of rotatable bonds is 8. The van der Waals surface area contributed by atoms with Crippen molar-refractivity contribution in [1.29, 1.82) is 0 Å². The highest BCUT2D eigenvalue weighted by Crippen LogP contribution is 2.24. The average Bonchev–Trinajstić information content (AvgIpc) is 2.61. The van der Waals surface area contributed by atoms with Gasteiger partial charge in [0.15, 0.2) is 0 Å². The Labute approximate surface area is 154 Å². The average molecular weight is 373 g/mol. The molecule has 27 heavy (non-hydrogen) atoms. The third-order valence-electron chi connectivity index (χ3n) is 3.62. The maximum Gasteiger partial charge on any atom is 0.326 e. The molecule has 2 amide bonds. The molecule has 0 fully saturated rings. The van der Waals surface area contributed by atoms with E-state index in [-0.39, 0.29) is 29.4 Å². The van der Waals surface area contributed by atoms with Gasteiger partial charge in [-0.05, 0) is 35.9 Å². The van der Waals surface area contributed by atoms with Crippen molar-refractivity contribution in [3.05, 3.63) is 53.6 Å². The highest BCUT2D eigenvalue weighted by molar-refractivity contribution is 5.98. The highest BCUT2D eigenvalue weighted by atomic mass is 16.5. The van der Waals surface area contributed by atoms with Crippen LogP contribution in [0, 0.1) is 0 Å². The first-order chi connectivity index (χ1) is 12.8. The van der Waals surface area contributed by atoms with Gasteiger partial charge in [0.25, 0.3) is 5.91 Å². The Kier molecular flexibility index (Phi) is 6.21. The van der Waals surface area contributed by atoms with Gasteiger partial charge in [0.05, 0.1) is 12.1 Å². The van der Waals surface area contributed by atoms with Gasteiger partial charge in [-0.25, -0.2) is 4.79 Å². The third-order valence-corrected chi connectivity index (χ3v) is 3.62. The summed E-state index contributed by atoms with van der Waals surface area (Å²) in [6.45, 7) is 0.148. The first-order valence-corrected chi connectivity index (χ1v) is 7.88. The summed E-state index contributed by atoms with van der Waals surface area (Å²) in [6, 6.07) is 9.15. The van der Waals surface area contributed by atoms with Crippen LogP contribution >= 0.6 is 0 Å². The van der Waals surface area contributed by atoms with E-state index in [9.17, 15) is 19.5 Å². The lowest BCUT2D eigenvalue weighted by Gasteiger charge is -2.14. The van der Waals surface area contributed by atoms with E-state index in [2.05, 4.69) is 5.32 Å². The molecular weight excluding hydrogens is 354 g/mol. The van der Waals surface area contributed by atoms with Gasteiger partial charge in [0, 0.05) is 5.56 Å². The molecule has 142 valence electrons. The second kappa shape index (κ2) is 8.56. The molecule has 1 atom stereocenters. The number of aliphatic carboxylic acids is 1. The molecule has 2 aromatic carbocycles. The van der Waals surface area contributed by atoms with Crippen molar-refractivity contribution in [3.8, 4) is 11.5 Å². The van der Waals surface area contributed by atoms with Crippen molar-refractivity contribution in [2.45, 2.75) is 19.1 Å². The summed E-state index contributed by atoms with van der Waals surface area (Å²) >= 11 is 0. The molecule has 0 aromatic heterocycles. The van der Waals surface area contributed by atoms with E-state index in [1.54, 1.807) is 12.1 Å². The minimum absolute atomic E-state index is 0.112. The maximum atomic E-state index is 12.3. The number of hydrogen-bond donors (Lipinski definition) is 5. The van der Waals surface area contributed by atoms with Crippen LogP contribution in [0.1, 0.15) is 22.3 Å². The van der Waals surface area contributed by atoms with Gasteiger partial charge in [-0.2, -0.15) is 0 Å². The zero-order valence-electron chi connectivity index (χ0n) is 14.2. The largest absolute Gasteiger partial charge is 0.508 e. The van der Waals surface area contributed by atoms with Crippen molar-refractivity contribution < 1.29 is 29.3 Å². The molecule has 0 aliphatic rings. The van der Waals surface area contributed by atoms with E-state index in [0.717, 1.165) is 5.56 Å². The fourth-order valence-electron chi connectivity index (χ4n) is 2.20. The van der Waals surface area contributed by atoms with E-state index >= 15 is 0 Å². The molecule has 0 aliphatic carbocycles. The lowest BCUT2D eigenvalue weighted by Crippen LogP contribution is -2.43. The van der Waals surface area contributed by atoms with Crippen LogP contribution < -0.4 is 21.5 Å². The van der Waals surface area contributed by atoms with E-state index in [1.165, 1.54) is 30.3 Å². The Hall–Kier alpha value is -3.75. The Morgan fingerprint density at radius 1 is 1.11 bits per heavy atom. The molecule has 9 heteroatoms. The van der Waals surface area contributed by atoms with Gasteiger partial charge >= 0.3 is 5.97 Å². The van der Waals surface area contributed by atoms with Gasteiger partial charge < -0.3 is 31.7 Å². The number of anilines is 1. The lowest BCUT2D eigenvalue weighted by atomic mass is 10.1. The maximum absolute atomic E-state index is 12.3.